The Morgan fingerprint density at radius 3 is 2.76 bits per heavy atom. The Bertz CT molecular complexity index is 643. The van der Waals surface area contributed by atoms with E-state index in [4.69, 9.17) is 5.73 Å². The molecule has 0 fully saturated rings. The summed E-state index contributed by atoms with van der Waals surface area (Å²) in [4.78, 5) is 0. The molecule has 0 bridgehead atoms. The molecule has 0 radical (unpaired) electrons. The second kappa shape index (κ2) is 5.91. The number of benzene rings is 2. The van der Waals surface area contributed by atoms with E-state index in [0.29, 0.717) is 6.54 Å². The molecule has 2 aromatic carbocycles. The minimum atomic E-state index is -0.582. The van der Waals surface area contributed by atoms with Gasteiger partial charge in [0, 0.05) is 16.4 Å². The van der Waals surface area contributed by atoms with E-state index in [2.05, 4.69) is 34.1 Å². The maximum atomic E-state index is 11.1. The smallest absolute Gasteiger partial charge is 0.0899 e. The lowest BCUT2D eigenvalue weighted by Crippen LogP contribution is -2.43. The fourth-order valence-corrected chi connectivity index (χ4v) is 3.97. The van der Waals surface area contributed by atoms with Crippen LogP contribution < -0.4 is 5.73 Å². The van der Waals surface area contributed by atoms with Crippen LogP contribution in [0.1, 0.15) is 35.6 Å². The summed E-state index contributed by atoms with van der Waals surface area (Å²) in [5.74, 6) is 0. The highest BCUT2D eigenvalue weighted by Gasteiger charge is 2.42. The molecule has 3 N–H and O–H groups in total. The minimum Gasteiger partial charge on any atom is -0.387 e. The minimum absolute atomic E-state index is 0.379. The van der Waals surface area contributed by atoms with Crippen molar-refractivity contribution in [2.75, 3.05) is 6.54 Å². The lowest BCUT2D eigenvalue weighted by molar-refractivity contribution is 0.0717. The number of nitrogens with two attached hydrogens (primary N) is 1. The highest BCUT2D eigenvalue weighted by atomic mass is 79.9. The van der Waals surface area contributed by atoms with Crippen LogP contribution in [0.2, 0.25) is 0 Å². The molecule has 21 heavy (non-hydrogen) atoms. The Morgan fingerprint density at radius 2 is 2.00 bits per heavy atom. The van der Waals surface area contributed by atoms with Crippen molar-refractivity contribution in [3.63, 3.8) is 0 Å². The molecular weight excluding hydrogens is 326 g/mol. The quantitative estimate of drug-likeness (QED) is 0.890. The number of halogens is 1. The van der Waals surface area contributed by atoms with Crippen molar-refractivity contribution in [1.29, 1.82) is 0 Å². The molecule has 0 amide bonds. The Kier molecular flexibility index (Phi) is 4.16. The largest absolute Gasteiger partial charge is 0.387 e. The van der Waals surface area contributed by atoms with Crippen LogP contribution in [-0.4, -0.2) is 11.7 Å². The van der Waals surface area contributed by atoms with Gasteiger partial charge in [0.25, 0.3) is 0 Å². The fraction of sp³-hybridized carbons (Fsp3) is 0.333. The first-order chi connectivity index (χ1) is 10.2. The third kappa shape index (κ3) is 2.54. The molecule has 0 spiro atoms. The zero-order chi connectivity index (χ0) is 14.9. The first kappa shape index (κ1) is 14.8. The van der Waals surface area contributed by atoms with Crippen molar-refractivity contribution in [2.45, 2.75) is 30.8 Å². The number of aryl methyl sites for hydroxylation is 1. The number of fused-ring (bicyclic) bond motifs is 1. The van der Waals surface area contributed by atoms with Crippen molar-refractivity contribution in [3.8, 4) is 0 Å². The highest BCUT2D eigenvalue weighted by Crippen LogP contribution is 2.45. The maximum absolute atomic E-state index is 11.1. The van der Waals surface area contributed by atoms with E-state index in [0.717, 1.165) is 29.3 Å². The summed E-state index contributed by atoms with van der Waals surface area (Å²) in [6.45, 7) is 0.456. The molecule has 1 aliphatic carbocycles. The van der Waals surface area contributed by atoms with Crippen LogP contribution >= 0.6 is 15.9 Å². The number of aliphatic hydroxyl groups excluding tert-OH is 1. The molecule has 2 atom stereocenters. The molecular formula is C18H20BrNO. The summed E-state index contributed by atoms with van der Waals surface area (Å²) in [6, 6.07) is 16.3. The molecule has 2 unspecified atom stereocenters. The SMILES string of the molecule is NCC1(C(O)c2cccc(Br)c2)CCCc2ccccc21. The Balaban J connectivity index is 2.09. The molecule has 0 aliphatic heterocycles. The Morgan fingerprint density at radius 1 is 1.19 bits per heavy atom. The third-order valence-electron chi connectivity index (χ3n) is 4.67. The number of hydrogen-bond acceptors (Lipinski definition) is 2. The number of rotatable bonds is 3. The van der Waals surface area contributed by atoms with Gasteiger partial charge >= 0.3 is 0 Å². The molecule has 0 saturated heterocycles. The van der Waals surface area contributed by atoms with Crippen LogP contribution in [0.4, 0.5) is 0 Å². The molecule has 0 saturated carbocycles. The molecule has 2 aromatic rings. The van der Waals surface area contributed by atoms with E-state index < -0.39 is 6.10 Å². The van der Waals surface area contributed by atoms with Gasteiger partial charge in [-0.3, -0.25) is 0 Å². The van der Waals surface area contributed by atoms with Gasteiger partial charge in [0.1, 0.15) is 0 Å². The molecule has 1 aliphatic rings. The van der Waals surface area contributed by atoms with Gasteiger partial charge in [0.05, 0.1) is 6.10 Å². The topological polar surface area (TPSA) is 46.2 Å². The van der Waals surface area contributed by atoms with Gasteiger partial charge in [-0.25, -0.2) is 0 Å². The van der Waals surface area contributed by atoms with Crippen LogP contribution in [-0.2, 0) is 11.8 Å². The first-order valence-electron chi connectivity index (χ1n) is 7.39. The Labute approximate surface area is 134 Å². The van der Waals surface area contributed by atoms with E-state index >= 15 is 0 Å². The molecule has 2 nitrogen and oxygen atoms in total. The summed E-state index contributed by atoms with van der Waals surface area (Å²) in [7, 11) is 0. The standard InChI is InChI=1S/C18H20BrNO/c19-15-8-3-6-14(11-15)17(21)18(12-20)10-4-7-13-5-1-2-9-16(13)18/h1-3,5-6,8-9,11,17,21H,4,7,10,12,20H2. The third-order valence-corrected chi connectivity index (χ3v) is 5.17. The predicted molar refractivity (Wildman–Crippen MR) is 89.2 cm³/mol. The predicted octanol–water partition coefficient (Wildman–Crippen LogP) is 3.72. The zero-order valence-electron chi connectivity index (χ0n) is 11.9. The van der Waals surface area contributed by atoms with E-state index in [1.54, 1.807) is 0 Å². The van der Waals surface area contributed by atoms with E-state index in [1.165, 1.54) is 11.1 Å². The molecule has 110 valence electrons. The summed E-state index contributed by atoms with van der Waals surface area (Å²) >= 11 is 3.48. The summed E-state index contributed by atoms with van der Waals surface area (Å²) in [5.41, 5.74) is 9.24. The van der Waals surface area contributed by atoms with Crippen LogP contribution in [0, 0.1) is 0 Å². The molecule has 3 rings (SSSR count). The van der Waals surface area contributed by atoms with Crippen LogP contribution in [0.5, 0.6) is 0 Å². The second-order valence-corrected chi connectivity index (χ2v) is 6.74. The van der Waals surface area contributed by atoms with Crippen LogP contribution in [0.25, 0.3) is 0 Å². The summed E-state index contributed by atoms with van der Waals surface area (Å²) < 4.78 is 0.982. The van der Waals surface area contributed by atoms with E-state index in [9.17, 15) is 5.11 Å². The van der Waals surface area contributed by atoms with Gasteiger partial charge < -0.3 is 10.8 Å². The Hall–Kier alpha value is -1.16. The molecule has 0 heterocycles. The average Bonchev–Trinajstić information content (AvgIpc) is 2.53. The summed E-state index contributed by atoms with van der Waals surface area (Å²) in [6.07, 6.45) is 2.48. The monoisotopic (exact) mass is 345 g/mol. The zero-order valence-corrected chi connectivity index (χ0v) is 13.5. The average molecular weight is 346 g/mol. The van der Waals surface area contributed by atoms with Gasteiger partial charge in [-0.2, -0.15) is 0 Å². The van der Waals surface area contributed by atoms with Gasteiger partial charge in [-0.15, -0.1) is 0 Å². The van der Waals surface area contributed by atoms with Crippen LogP contribution in [0.15, 0.2) is 53.0 Å². The maximum Gasteiger partial charge on any atom is 0.0899 e. The van der Waals surface area contributed by atoms with Crippen LogP contribution in [0.3, 0.4) is 0 Å². The van der Waals surface area contributed by atoms with E-state index in [1.807, 2.05) is 30.3 Å². The van der Waals surface area contributed by atoms with Gasteiger partial charge in [0.2, 0.25) is 0 Å². The fourth-order valence-electron chi connectivity index (χ4n) is 3.56. The highest BCUT2D eigenvalue weighted by molar-refractivity contribution is 9.10. The van der Waals surface area contributed by atoms with Crippen molar-refractivity contribution in [3.05, 3.63) is 69.7 Å². The number of aliphatic hydroxyl groups is 1. The molecule has 3 heteroatoms. The van der Waals surface area contributed by atoms with Gasteiger partial charge in [-0.1, -0.05) is 52.3 Å². The summed E-state index contributed by atoms with van der Waals surface area (Å²) in [5, 5.41) is 11.1. The van der Waals surface area contributed by atoms with Crippen molar-refractivity contribution >= 4 is 15.9 Å². The van der Waals surface area contributed by atoms with E-state index in [-0.39, 0.29) is 5.41 Å². The normalized spacial score (nSPS) is 22.6. The molecule has 0 aromatic heterocycles. The lowest BCUT2D eigenvalue weighted by Gasteiger charge is -2.42. The van der Waals surface area contributed by atoms with Gasteiger partial charge in [0.15, 0.2) is 0 Å². The van der Waals surface area contributed by atoms with Crippen molar-refractivity contribution in [2.24, 2.45) is 5.73 Å². The second-order valence-electron chi connectivity index (χ2n) is 5.83. The first-order valence-corrected chi connectivity index (χ1v) is 8.19. The lowest BCUT2D eigenvalue weighted by atomic mass is 9.65. The number of hydrogen-bond donors (Lipinski definition) is 2. The van der Waals surface area contributed by atoms with Crippen molar-refractivity contribution in [1.82, 2.24) is 0 Å². The van der Waals surface area contributed by atoms with Crippen molar-refractivity contribution < 1.29 is 5.11 Å². The van der Waals surface area contributed by atoms with Gasteiger partial charge in [-0.05, 0) is 48.1 Å².